The molecule has 118 valence electrons. The first-order chi connectivity index (χ1) is 10.6. The molecule has 0 aromatic carbocycles. The molecule has 2 aromatic rings. The second-order valence-corrected chi connectivity index (χ2v) is 5.89. The topological polar surface area (TPSA) is 76.2 Å². The lowest BCUT2D eigenvalue weighted by molar-refractivity contribution is -0.117. The molecule has 0 spiro atoms. The number of nitrogens with zero attached hydrogens (tertiary/aromatic N) is 4. The Kier molecular flexibility index (Phi) is 4.24. The number of anilines is 1. The lowest BCUT2D eigenvalue weighted by Crippen LogP contribution is -2.39. The van der Waals surface area contributed by atoms with Crippen LogP contribution in [0.4, 0.5) is 5.88 Å². The second kappa shape index (κ2) is 6.31. The van der Waals surface area contributed by atoms with Gasteiger partial charge in [0.15, 0.2) is 0 Å². The van der Waals surface area contributed by atoms with E-state index in [1.807, 2.05) is 30.9 Å². The van der Waals surface area contributed by atoms with Crippen LogP contribution in [0.1, 0.15) is 24.1 Å². The van der Waals surface area contributed by atoms with Gasteiger partial charge < -0.3 is 4.52 Å². The molecule has 1 aliphatic heterocycles. The number of aryl methyl sites for hydroxylation is 2. The number of hydrogen-bond acceptors (Lipinski definition) is 5. The van der Waals surface area contributed by atoms with Crippen molar-refractivity contribution in [3.63, 3.8) is 0 Å². The highest BCUT2D eigenvalue weighted by atomic mass is 16.5. The predicted octanol–water partition coefficient (Wildman–Crippen LogP) is 1.59. The Morgan fingerprint density at radius 3 is 3.05 bits per heavy atom. The van der Waals surface area contributed by atoms with Crippen LogP contribution in [0.2, 0.25) is 0 Å². The zero-order valence-corrected chi connectivity index (χ0v) is 13.0. The molecular weight excluding hydrogens is 282 g/mol. The van der Waals surface area contributed by atoms with Crippen LogP contribution in [-0.2, 0) is 11.3 Å². The Hall–Kier alpha value is -2.15. The van der Waals surface area contributed by atoms with Gasteiger partial charge in [-0.2, -0.15) is 5.10 Å². The van der Waals surface area contributed by atoms with Gasteiger partial charge in [-0.1, -0.05) is 5.16 Å². The van der Waals surface area contributed by atoms with Crippen molar-refractivity contribution >= 4 is 11.8 Å². The van der Waals surface area contributed by atoms with Crippen molar-refractivity contribution in [2.24, 2.45) is 0 Å². The standard InChI is InChI=1S/C15H21N5O2/c1-11-7-16-20(8-11)9-13-4-3-5-19(13)10-14(21)17-15-6-12(2)18-22-15/h6-8,13H,3-5,9-10H2,1-2H3,(H,17,21)/t13-/m0/s1. The number of carbonyl (C=O) groups excluding carboxylic acids is 1. The quantitative estimate of drug-likeness (QED) is 0.907. The Bertz CT molecular complexity index is 648. The normalized spacial score (nSPS) is 18.7. The molecule has 7 nitrogen and oxygen atoms in total. The zero-order chi connectivity index (χ0) is 15.5. The number of amides is 1. The van der Waals surface area contributed by atoms with Crippen LogP contribution < -0.4 is 5.32 Å². The number of rotatable bonds is 5. The van der Waals surface area contributed by atoms with Crippen LogP contribution in [0.25, 0.3) is 0 Å². The van der Waals surface area contributed by atoms with Crippen LogP contribution in [0, 0.1) is 13.8 Å². The molecule has 22 heavy (non-hydrogen) atoms. The Morgan fingerprint density at radius 2 is 2.36 bits per heavy atom. The van der Waals surface area contributed by atoms with E-state index in [9.17, 15) is 4.79 Å². The van der Waals surface area contributed by atoms with Gasteiger partial charge in [0, 0.05) is 18.3 Å². The maximum absolute atomic E-state index is 12.1. The molecule has 0 unspecified atom stereocenters. The fourth-order valence-electron chi connectivity index (χ4n) is 2.88. The first-order valence-electron chi connectivity index (χ1n) is 7.56. The third-order valence-electron chi connectivity index (χ3n) is 3.90. The van der Waals surface area contributed by atoms with Gasteiger partial charge >= 0.3 is 0 Å². The van der Waals surface area contributed by atoms with Crippen molar-refractivity contribution in [1.82, 2.24) is 19.8 Å². The maximum Gasteiger partial charge on any atom is 0.240 e. The monoisotopic (exact) mass is 303 g/mol. The molecule has 0 aliphatic carbocycles. The third kappa shape index (κ3) is 3.54. The van der Waals surface area contributed by atoms with Gasteiger partial charge in [-0.05, 0) is 38.8 Å². The molecule has 3 rings (SSSR count). The van der Waals surface area contributed by atoms with Gasteiger partial charge in [-0.3, -0.25) is 19.7 Å². The lowest BCUT2D eigenvalue weighted by Gasteiger charge is -2.23. The van der Waals surface area contributed by atoms with Crippen LogP contribution in [-0.4, -0.2) is 44.9 Å². The van der Waals surface area contributed by atoms with Crippen molar-refractivity contribution in [3.8, 4) is 0 Å². The van der Waals surface area contributed by atoms with Gasteiger partial charge in [0.25, 0.3) is 0 Å². The van der Waals surface area contributed by atoms with E-state index < -0.39 is 0 Å². The van der Waals surface area contributed by atoms with E-state index in [4.69, 9.17) is 4.52 Å². The van der Waals surface area contributed by atoms with Gasteiger partial charge in [-0.15, -0.1) is 0 Å². The molecule has 0 saturated carbocycles. The summed E-state index contributed by atoms with van der Waals surface area (Å²) in [6.07, 6.45) is 6.10. The summed E-state index contributed by atoms with van der Waals surface area (Å²) in [6, 6.07) is 2.06. The van der Waals surface area contributed by atoms with Crippen molar-refractivity contribution in [2.75, 3.05) is 18.4 Å². The summed E-state index contributed by atoms with van der Waals surface area (Å²) in [5.74, 6) is 0.334. The van der Waals surface area contributed by atoms with E-state index >= 15 is 0 Å². The van der Waals surface area contributed by atoms with Crippen molar-refractivity contribution < 1.29 is 9.32 Å². The number of carbonyl (C=O) groups is 1. The van der Waals surface area contributed by atoms with Crippen LogP contribution in [0.5, 0.6) is 0 Å². The van der Waals surface area contributed by atoms with Crippen LogP contribution >= 0.6 is 0 Å². The summed E-state index contributed by atoms with van der Waals surface area (Å²) in [5, 5.41) is 10.8. The molecule has 3 heterocycles. The second-order valence-electron chi connectivity index (χ2n) is 5.89. The van der Waals surface area contributed by atoms with E-state index in [-0.39, 0.29) is 5.91 Å². The average Bonchev–Trinajstić information content (AvgIpc) is 3.15. The molecule has 1 atom stereocenters. The Balaban J connectivity index is 1.55. The minimum absolute atomic E-state index is 0.0697. The van der Waals surface area contributed by atoms with Gasteiger partial charge in [-0.25, -0.2) is 0 Å². The molecule has 0 radical (unpaired) electrons. The maximum atomic E-state index is 12.1. The van der Waals surface area contributed by atoms with E-state index in [1.165, 1.54) is 0 Å². The zero-order valence-electron chi connectivity index (χ0n) is 13.0. The molecule has 1 amide bonds. The van der Waals surface area contributed by atoms with Crippen LogP contribution in [0.15, 0.2) is 23.0 Å². The van der Waals surface area contributed by atoms with E-state index in [2.05, 4.69) is 20.5 Å². The molecule has 1 saturated heterocycles. The Labute approximate surface area is 129 Å². The number of hydrogen-bond donors (Lipinski definition) is 1. The molecule has 1 N–H and O–H groups in total. The number of likely N-dealkylation sites (tertiary alicyclic amines) is 1. The fraction of sp³-hybridized carbons (Fsp3) is 0.533. The number of nitrogens with one attached hydrogen (secondary N) is 1. The summed E-state index contributed by atoms with van der Waals surface area (Å²) in [6.45, 7) is 5.98. The molecule has 2 aromatic heterocycles. The van der Waals surface area contributed by atoms with E-state index in [0.29, 0.717) is 18.5 Å². The third-order valence-corrected chi connectivity index (χ3v) is 3.90. The van der Waals surface area contributed by atoms with Crippen LogP contribution in [0.3, 0.4) is 0 Å². The number of aromatic nitrogens is 3. The summed E-state index contributed by atoms with van der Waals surface area (Å²) in [4.78, 5) is 14.3. The minimum atomic E-state index is -0.0697. The fourth-order valence-corrected chi connectivity index (χ4v) is 2.88. The first kappa shape index (κ1) is 14.8. The highest BCUT2D eigenvalue weighted by molar-refractivity contribution is 5.91. The summed E-state index contributed by atoms with van der Waals surface area (Å²) < 4.78 is 6.96. The van der Waals surface area contributed by atoms with E-state index in [1.54, 1.807) is 6.07 Å². The predicted molar refractivity (Wildman–Crippen MR) is 81.4 cm³/mol. The van der Waals surface area contributed by atoms with Gasteiger partial charge in [0.1, 0.15) is 0 Å². The minimum Gasteiger partial charge on any atom is -0.338 e. The van der Waals surface area contributed by atoms with Gasteiger partial charge in [0.05, 0.1) is 25.0 Å². The molecule has 0 bridgehead atoms. The van der Waals surface area contributed by atoms with E-state index in [0.717, 1.165) is 37.2 Å². The largest absolute Gasteiger partial charge is 0.338 e. The summed E-state index contributed by atoms with van der Waals surface area (Å²) in [7, 11) is 0. The molecule has 1 fully saturated rings. The molecule has 7 heteroatoms. The summed E-state index contributed by atoms with van der Waals surface area (Å²) in [5.41, 5.74) is 1.91. The highest BCUT2D eigenvalue weighted by Crippen LogP contribution is 2.19. The molecule has 1 aliphatic rings. The van der Waals surface area contributed by atoms with Crippen molar-refractivity contribution in [3.05, 3.63) is 29.7 Å². The first-order valence-corrected chi connectivity index (χ1v) is 7.56. The SMILES string of the molecule is Cc1cnn(C[C@@H]2CCCN2CC(=O)Nc2cc(C)no2)c1. The lowest BCUT2D eigenvalue weighted by atomic mass is 10.2. The van der Waals surface area contributed by atoms with Gasteiger partial charge in [0.2, 0.25) is 11.8 Å². The smallest absolute Gasteiger partial charge is 0.240 e. The van der Waals surface area contributed by atoms with Crippen molar-refractivity contribution in [2.45, 2.75) is 39.3 Å². The van der Waals surface area contributed by atoms with Crippen molar-refractivity contribution in [1.29, 1.82) is 0 Å². The summed E-state index contributed by atoms with van der Waals surface area (Å²) >= 11 is 0. The highest BCUT2D eigenvalue weighted by Gasteiger charge is 2.27. The Morgan fingerprint density at radius 1 is 1.50 bits per heavy atom. The average molecular weight is 303 g/mol. The molecular formula is C15H21N5O2.